The highest BCUT2D eigenvalue weighted by molar-refractivity contribution is 5.74. The Labute approximate surface area is 123 Å². The summed E-state index contributed by atoms with van der Waals surface area (Å²) in [4.78, 5) is 14.3. The van der Waals surface area contributed by atoms with Crippen LogP contribution in [0.2, 0.25) is 0 Å². The molecule has 4 heteroatoms. The van der Waals surface area contributed by atoms with Crippen LogP contribution in [0.5, 0.6) is 0 Å². The fourth-order valence-corrected chi connectivity index (χ4v) is 3.48. The molecule has 1 atom stereocenters. The van der Waals surface area contributed by atoms with Crippen LogP contribution in [0.1, 0.15) is 58.3 Å². The lowest BCUT2D eigenvalue weighted by Gasteiger charge is -2.30. The van der Waals surface area contributed by atoms with Crippen molar-refractivity contribution < 1.29 is 4.79 Å². The van der Waals surface area contributed by atoms with E-state index in [0.29, 0.717) is 6.04 Å². The fraction of sp³-hybridized carbons (Fsp3) is 0.938. The van der Waals surface area contributed by atoms with Crippen molar-refractivity contribution in [2.45, 2.75) is 64.3 Å². The van der Waals surface area contributed by atoms with E-state index in [-0.39, 0.29) is 6.03 Å². The first kappa shape index (κ1) is 15.6. The highest BCUT2D eigenvalue weighted by atomic mass is 16.2. The number of likely N-dealkylation sites (tertiary alicyclic amines) is 1. The molecule has 0 aromatic heterocycles. The average molecular weight is 281 g/mol. The Hall–Kier alpha value is -0.770. The Morgan fingerprint density at radius 3 is 2.70 bits per heavy atom. The van der Waals surface area contributed by atoms with Crippen molar-refractivity contribution in [3.05, 3.63) is 0 Å². The van der Waals surface area contributed by atoms with Gasteiger partial charge >= 0.3 is 6.03 Å². The van der Waals surface area contributed by atoms with Crippen LogP contribution in [0.25, 0.3) is 0 Å². The molecule has 1 aliphatic carbocycles. The van der Waals surface area contributed by atoms with Gasteiger partial charge in [0.2, 0.25) is 0 Å². The molecule has 2 N–H and O–H groups in total. The quantitative estimate of drug-likeness (QED) is 0.761. The zero-order valence-corrected chi connectivity index (χ0v) is 13.0. The Morgan fingerprint density at radius 1 is 1.15 bits per heavy atom. The molecular formula is C16H31N3O. The van der Waals surface area contributed by atoms with E-state index in [0.717, 1.165) is 38.3 Å². The van der Waals surface area contributed by atoms with Crippen LogP contribution in [0, 0.1) is 5.92 Å². The molecule has 2 fully saturated rings. The molecule has 2 rings (SSSR count). The Balaban J connectivity index is 1.50. The number of carbonyl (C=O) groups is 1. The minimum Gasteiger partial charge on any atom is -0.338 e. The summed E-state index contributed by atoms with van der Waals surface area (Å²) in [6.07, 6.45) is 9.92. The van der Waals surface area contributed by atoms with E-state index < -0.39 is 0 Å². The predicted octanol–water partition coefficient (Wildman–Crippen LogP) is 2.74. The molecule has 0 radical (unpaired) electrons. The molecule has 0 aromatic rings. The first-order valence-corrected chi connectivity index (χ1v) is 8.51. The van der Waals surface area contributed by atoms with E-state index in [9.17, 15) is 4.79 Å². The summed E-state index contributed by atoms with van der Waals surface area (Å²) in [5.41, 5.74) is 0. The Kier molecular flexibility index (Phi) is 6.64. The van der Waals surface area contributed by atoms with Gasteiger partial charge in [0.05, 0.1) is 0 Å². The SMILES string of the molecule is CC1CCCN(CCCNC(=O)NC2CCCCC2)C1. The summed E-state index contributed by atoms with van der Waals surface area (Å²) >= 11 is 0. The van der Waals surface area contributed by atoms with Crippen LogP contribution in [0.3, 0.4) is 0 Å². The number of piperidine rings is 1. The van der Waals surface area contributed by atoms with Gasteiger partial charge in [-0.1, -0.05) is 26.2 Å². The van der Waals surface area contributed by atoms with Crippen LogP contribution in [0.15, 0.2) is 0 Å². The zero-order chi connectivity index (χ0) is 14.2. The summed E-state index contributed by atoms with van der Waals surface area (Å²) in [5.74, 6) is 0.839. The number of nitrogens with one attached hydrogen (secondary N) is 2. The molecule has 1 saturated carbocycles. The van der Waals surface area contributed by atoms with E-state index in [2.05, 4.69) is 22.5 Å². The van der Waals surface area contributed by atoms with Crippen molar-refractivity contribution in [2.75, 3.05) is 26.2 Å². The summed E-state index contributed by atoms with van der Waals surface area (Å²) in [6, 6.07) is 0.440. The molecule has 116 valence electrons. The van der Waals surface area contributed by atoms with Gasteiger partial charge in [0, 0.05) is 19.1 Å². The van der Waals surface area contributed by atoms with Crippen molar-refractivity contribution in [1.82, 2.24) is 15.5 Å². The molecule has 2 amide bonds. The third kappa shape index (κ3) is 5.70. The first-order valence-electron chi connectivity index (χ1n) is 8.51. The van der Waals surface area contributed by atoms with Crippen LogP contribution in [0.4, 0.5) is 4.79 Å². The molecule has 1 aliphatic heterocycles. The lowest BCUT2D eigenvalue weighted by atomic mass is 9.96. The number of rotatable bonds is 5. The van der Waals surface area contributed by atoms with Crippen molar-refractivity contribution >= 4 is 6.03 Å². The summed E-state index contributed by atoms with van der Waals surface area (Å²) in [5, 5.41) is 6.10. The number of urea groups is 1. The lowest BCUT2D eigenvalue weighted by Crippen LogP contribution is -2.43. The van der Waals surface area contributed by atoms with Crippen LogP contribution in [-0.2, 0) is 0 Å². The molecule has 0 aromatic carbocycles. The molecule has 4 nitrogen and oxygen atoms in total. The topological polar surface area (TPSA) is 44.4 Å². The highest BCUT2D eigenvalue weighted by Gasteiger charge is 2.16. The van der Waals surface area contributed by atoms with Gasteiger partial charge in [0.25, 0.3) is 0 Å². The standard InChI is InChI=1S/C16H31N3O/c1-14-7-5-11-19(13-14)12-6-10-17-16(20)18-15-8-3-2-4-9-15/h14-15H,2-13H2,1H3,(H2,17,18,20). The summed E-state index contributed by atoms with van der Waals surface area (Å²) in [6.45, 7) is 6.71. The first-order chi connectivity index (χ1) is 9.74. The van der Waals surface area contributed by atoms with Crippen molar-refractivity contribution in [3.63, 3.8) is 0 Å². The Morgan fingerprint density at radius 2 is 1.95 bits per heavy atom. The number of nitrogens with zero attached hydrogens (tertiary/aromatic N) is 1. The van der Waals surface area contributed by atoms with Crippen molar-refractivity contribution in [2.24, 2.45) is 5.92 Å². The van der Waals surface area contributed by atoms with Crippen molar-refractivity contribution in [1.29, 1.82) is 0 Å². The summed E-state index contributed by atoms with van der Waals surface area (Å²) < 4.78 is 0. The number of amides is 2. The highest BCUT2D eigenvalue weighted by Crippen LogP contribution is 2.17. The Bertz CT molecular complexity index is 289. The van der Waals surface area contributed by atoms with Gasteiger partial charge < -0.3 is 15.5 Å². The normalized spacial score (nSPS) is 25.4. The van der Waals surface area contributed by atoms with Crippen LogP contribution >= 0.6 is 0 Å². The van der Waals surface area contributed by atoms with Crippen LogP contribution < -0.4 is 10.6 Å². The molecule has 20 heavy (non-hydrogen) atoms. The van der Waals surface area contributed by atoms with Gasteiger partial charge in [0.15, 0.2) is 0 Å². The van der Waals surface area contributed by atoms with Gasteiger partial charge in [-0.2, -0.15) is 0 Å². The lowest BCUT2D eigenvalue weighted by molar-refractivity contribution is 0.181. The van der Waals surface area contributed by atoms with Gasteiger partial charge in [-0.3, -0.25) is 0 Å². The maximum absolute atomic E-state index is 11.8. The molecule has 0 spiro atoms. The molecule has 0 bridgehead atoms. The molecule has 1 unspecified atom stereocenters. The van der Waals surface area contributed by atoms with E-state index >= 15 is 0 Å². The number of hydrogen-bond donors (Lipinski definition) is 2. The molecule has 2 aliphatic rings. The fourth-order valence-electron chi connectivity index (χ4n) is 3.48. The van der Waals surface area contributed by atoms with Gasteiger partial charge in [-0.05, 0) is 51.1 Å². The maximum atomic E-state index is 11.8. The molecule has 1 heterocycles. The second kappa shape index (κ2) is 8.50. The largest absolute Gasteiger partial charge is 0.338 e. The van der Waals surface area contributed by atoms with E-state index in [1.54, 1.807) is 0 Å². The predicted molar refractivity (Wildman–Crippen MR) is 82.9 cm³/mol. The number of carbonyl (C=O) groups excluding carboxylic acids is 1. The van der Waals surface area contributed by atoms with Gasteiger partial charge in [-0.25, -0.2) is 4.79 Å². The number of hydrogen-bond acceptors (Lipinski definition) is 2. The van der Waals surface area contributed by atoms with Crippen molar-refractivity contribution in [3.8, 4) is 0 Å². The third-order valence-corrected chi connectivity index (χ3v) is 4.62. The average Bonchev–Trinajstić information content (AvgIpc) is 2.45. The maximum Gasteiger partial charge on any atom is 0.315 e. The van der Waals surface area contributed by atoms with Crippen LogP contribution in [-0.4, -0.2) is 43.2 Å². The molecular weight excluding hydrogens is 250 g/mol. The second-order valence-electron chi connectivity index (χ2n) is 6.64. The smallest absolute Gasteiger partial charge is 0.315 e. The van der Waals surface area contributed by atoms with E-state index in [1.807, 2.05) is 0 Å². The third-order valence-electron chi connectivity index (χ3n) is 4.62. The zero-order valence-electron chi connectivity index (χ0n) is 13.0. The van der Waals surface area contributed by atoms with Gasteiger partial charge in [-0.15, -0.1) is 0 Å². The minimum absolute atomic E-state index is 0.0314. The van der Waals surface area contributed by atoms with Gasteiger partial charge in [0.1, 0.15) is 0 Å². The summed E-state index contributed by atoms with van der Waals surface area (Å²) in [7, 11) is 0. The molecule has 1 saturated heterocycles. The second-order valence-corrected chi connectivity index (χ2v) is 6.64. The van der Waals surface area contributed by atoms with E-state index in [1.165, 1.54) is 45.2 Å². The monoisotopic (exact) mass is 281 g/mol. The van der Waals surface area contributed by atoms with E-state index in [4.69, 9.17) is 0 Å². The minimum atomic E-state index is 0.0314.